The van der Waals surface area contributed by atoms with E-state index in [4.69, 9.17) is 21.1 Å². The van der Waals surface area contributed by atoms with Crippen molar-refractivity contribution in [3.63, 3.8) is 0 Å². The minimum atomic E-state index is -4.35. The van der Waals surface area contributed by atoms with Crippen LogP contribution in [0.5, 0.6) is 11.6 Å². The van der Waals surface area contributed by atoms with E-state index in [0.717, 1.165) is 22.4 Å². The van der Waals surface area contributed by atoms with E-state index in [9.17, 15) is 13.2 Å². The van der Waals surface area contributed by atoms with Crippen LogP contribution in [-0.2, 0) is 6.61 Å². The maximum atomic E-state index is 13.8. The number of nitrogens with zero attached hydrogens (tertiary/aromatic N) is 3. The molecular formula is C25H25ClF3N3O2. The molecule has 1 aromatic carbocycles. The van der Waals surface area contributed by atoms with Crippen molar-refractivity contribution in [1.82, 2.24) is 9.97 Å². The summed E-state index contributed by atoms with van der Waals surface area (Å²) in [7, 11) is 1.59. The van der Waals surface area contributed by atoms with E-state index in [2.05, 4.69) is 9.97 Å². The lowest BCUT2D eigenvalue weighted by atomic mass is 10.00. The number of aryl methyl sites for hydroxylation is 1. The summed E-state index contributed by atoms with van der Waals surface area (Å²) in [6.45, 7) is 2.35. The SMILES string of the molecule is COc1ccc(COc2cc(-c3cc(Cl)ncc3C)cc(N3CCCC[C@@H]3C(F)(F)F)n2)cc1. The molecule has 0 aliphatic carbocycles. The molecule has 3 heterocycles. The minimum Gasteiger partial charge on any atom is -0.497 e. The number of pyridine rings is 2. The first kappa shape index (κ1) is 24.1. The van der Waals surface area contributed by atoms with Crippen molar-refractivity contribution in [3.05, 3.63) is 64.9 Å². The van der Waals surface area contributed by atoms with E-state index >= 15 is 0 Å². The fourth-order valence-corrected chi connectivity index (χ4v) is 4.26. The highest BCUT2D eigenvalue weighted by Gasteiger charge is 2.45. The molecule has 0 saturated carbocycles. The number of rotatable bonds is 6. The summed E-state index contributed by atoms with van der Waals surface area (Å²) in [4.78, 5) is 9.90. The first-order valence-electron chi connectivity index (χ1n) is 11.0. The molecule has 180 valence electrons. The van der Waals surface area contributed by atoms with E-state index in [1.165, 1.54) is 4.90 Å². The van der Waals surface area contributed by atoms with Crippen LogP contribution in [-0.4, -0.2) is 35.8 Å². The van der Waals surface area contributed by atoms with Gasteiger partial charge >= 0.3 is 6.18 Å². The molecule has 34 heavy (non-hydrogen) atoms. The molecular weight excluding hydrogens is 467 g/mol. The van der Waals surface area contributed by atoms with Crippen molar-refractivity contribution in [1.29, 1.82) is 0 Å². The van der Waals surface area contributed by atoms with Crippen LogP contribution < -0.4 is 14.4 Å². The van der Waals surface area contributed by atoms with Gasteiger partial charge in [0.25, 0.3) is 0 Å². The molecule has 0 amide bonds. The van der Waals surface area contributed by atoms with Gasteiger partial charge < -0.3 is 14.4 Å². The lowest BCUT2D eigenvalue weighted by molar-refractivity contribution is -0.152. The van der Waals surface area contributed by atoms with Gasteiger partial charge in [0, 0.05) is 18.8 Å². The van der Waals surface area contributed by atoms with Crippen molar-refractivity contribution in [2.24, 2.45) is 0 Å². The highest BCUT2D eigenvalue weighted by molar-refractivity contribution is 6.29. The van der Waals surface area contributed by atoms with Crippen LogP contribution in [0.4, 0.5) is 19.0 Å². The fraction of sp³-hybridized carbons (Fsp3) is 0.360. The van der Waals surface area contributed by atoms with Gasteiger partial charge in [-0.3, -0.25) is 0 Å². The number of piperidine rings is 1. The third-order valence-corrected chi connectivity index (χ3v) is 6.10. The predicted octanol–water partition coefficient (Wildman–Crippen LogP) is 6.61. The van der Waals surface area contributed by atoms with Gasteiger partial charge in [-0.05, 0) is 72.7 Å². The Morgan fingerprint density at radius 1 is 1.12 bits per heavy atom. The largest absolute Gasteiger partial charge is 0.497 e. The van der Waals surface area contributed by atoms with Crippen LogP contribution in [0.3, 0.4) is 0 Å². The zero-order valence-corrected chi connectivity index (χ0v) is 19.7. The first-order chi connectivity index (χ1) is 16.2. The predicted molar refractivity (Wildman–Crippen MR) is 126 cm³/mol. The monoisotopic (exact) mass is 491 g/mol. The molecule has 5 nitrogen and oxygen atoms in total. The van der Waals surface area contributed by atoms with Crippen LogP contribution in [0.15, 0.2) is 48.7 Å². The number of benzene rings is 1. The van der Waals surface area contributed by atoms with Crippen LogP contribution in [0.2, 0.25) is 5.15 Å². The van der Waals surface area contributed by atoms with Gasteiger partial charge in [-0.1, -0.05) is 23.7 Å². The summed E-state index contributed by atoms with van der Waals surface area (Å²) in [5, 5.41) is 0.297. The number of anilines is 1. The number of alkyl halides is 3. The van der Waals surface area contributed by atoms with Gasteiger partial charge in [-0.15, -0.1) is 0 Å². The van der Waals surface area contributed by atoms with Gasteiger partial charge in [-0.25, -0.2) is 4.98 Å². The summed E-state index contributed by atoms with van der Waals surface area (Å²) in [5.41, 5.74) is 3.15. The quantitative estimate of drug-likeness (QED) is 0.363. The maximum absolute atomic E-state index is 13.8. The summed E-state index contributed by atoms with van der Waals surface area (Å²) in [5.74, 6) is 1.19. The molecule has 1 atom stereocenters. The Morgan fingerprint density at radius 3 is 2.59 bits per heavy atom. The Morgan fingerprint density at radius 2 is 1.88 bits per heavy atom. The fourth-order valence-electron chi connectivity index (χ4n) is 4.10. The molecule has 1 aliphatic heterocycles. The zero-order valence-electron chi connectivity index (χ0n) is 18.9. The number of aromatic nitrogens is 2. The Bertz CT molecular complexity index is 1140. The molecule has 4 rings (SSSR count). The Balaban J connectivity index is 1.72. The minimum absolute atomic E-state index is 0.0392. The number of hydrogen-bond acceptors (Lipinski definition) is 5. The Hall–Kier alpha value is -3.00. The van der Waals surface area contributed by atoms with Crippen molar-refractivity contribution >= 4 is 17.4 Å². The molecule has 9 heteroatoms. The van der Waals surface area contributed by atoms with Crippen molar-refractivity contribution in [3.8, 4) is 22.8 Å². The van der Waals surface area contributed by atoms with Gasteiger partial charge in [0.2, 0.25) is 5.88 Å². The van der Waals surface area contributed by atoms with E-state index in [1.807, 2.05) is 31.2 Å². The van der Waals surface area contributed by atoms with E-state index in [1.54, 1.807) is 31.5 Å². The summed E-state index contributed by atoms with van der Waals surface area (Å²) < 4.78 is 52.6. The van der Waals surface area contributed by atoms with E-state index < -0.39 is 12.2 Å². The first-order valence-corrected chi connectivity index (χ1v) is 11.4. The Labute approximate surface area is 201 Å². The smallest absolute Gasteiger partial charge is 0.408 e. The second-order valence-electron chi connectivity index (χ2n) is 8.26. The van der Waals surface area contributed by atoms with Gasteiger partial charge in [0.05, 0.1) is 7.11 Å². The second kappa shape index (κ2) is 10.1. The highest BCUT2D eigenvalue weighted by atomic mass is 35.5. The standard InChI is InChI=1S/C25H25ClF3N3O2/c1-16-14-30-22(26)13-20(16)18-11-23(32-10-4-3-5-21(32)25(27,28)29)31-24(12-18)34-15-17-6-8-19(33-2)9-7-17/h6-9,11-14,21H,3-5,10,15H2,1-2H3/t21-/m1/s1. The third-order valence-electron chi connectivity index (χ3n) is 5.89. The topological polar surface area (TPSA) is 47.5 Å². The average Bonchev–Trinajstić information content (AvgIpc) is 2.84. The number of ether oxygens (including phenoxy) is 2. The second-order valence-corrected chi connectivity index (χ2v) is 8.64. The van der Waals surface area contributed by atoms with Gasteiger partial charge in [0.1, 0.15) is 29.4 Å². The molecule has 0 unspecified atom stereocenters. The lowest BCUT2D eigenvalue weighted by Crippen LogP contribution is -2.49. The molecule has 0 bridgehead atoms. The molecule has 1 saturated heterocycles. The van der Waals surface area contributed by atoms with Gasteiger partial charge in [-0.2, -0.15) is 18.2 Å². The van der Waals surface area contributed by atoms with Crippen LogP contribution >= 0.6 is 11.6 Å². The van der Waals surface area contributed by atoms with Gasteiger partial charge in [0.15, 0.2) is 0 Å². The average molecular weight is 492 g/mol. The lowest BCUT2D eigenvalue weighted by Gasteiger charge is -2.37. The van der Waals surface area contributed by atoms with Crippen molar-refractivity contribution < 1.29 is 22.6 Å². The zero-order chi connectivity index (χ0) is 24.3. The van der Waals surface area contributed by atoms with Crippen molar-refractivity contribution in [2.75, 3.05) is 18.6 Å². The molecule has 0 spiro atoms. The summed E-state index contributed by atoms with van der Waals surface area (Å²) >= 11 is 6.12. The normalized spacial score (nSPS) is 16.4. The molecule has 2 aromatic heterocycles. The van der Waals surface area contributed by atoms with E-state index in [0.29, 0.717) is 23.6 Å². The highest BCUT2D eigenvalue weighted by Crippen LogP contribution is 2.37. The number of hydrogen-bond donors (Lipinski definition) is 0. The maximum Gasteiger partial charge on any atom is 0.408 e. The van der Waals surface area contributed by atoms with Crippen molar-refractivity contribution in [2.45, 2.75) is 45.0 Å². The third kappa shape index (κ3) is 5.55. The van der Waals surface area contributed by atoms with Crippen LogP contribution in [0, 0.1) is 6.92 Å². The summed E-state index contributed by atoms with van der Waals surface area (Å²) in [6.07, 6.45) is -1.48. The number of methoxy groups -OCH3 is 1. The molecule has 1 aliphatic rings. The Kier molecular flexibility index (Phi) is 7.16. The molecule has 0 radical (unpaired) electrons. The van der Waals surface area contributed by atoms with Crippen LogP contribution in [0.1, 0.15) is 30.4 Å². The molecule has 3 aromatic rings. The van der Waals surface area contributed by atoms with E-state index in [-0.39, 0.29) is 31.3 Å². The van der Waals surface area contributed by atoms with Crippen LogP contribution in [0.25, 0.3) is 11.1 Å². The molecule has 1 fully saturated rings. The molecule has 0 N–H and O–H groups in total. The summed E-state index contributed by atoms with van der Waals surface area (Å²) in [6, 6.07) is 10.9. The number of halogens is 4.